The van der Waals surface area contributed by atoms with E-state index in [0.717, 1.165) is 12.1 Å². The van der Waals surface area contributed by atoms with E-state index in [4.69, 9.17) is 4.74 Å². The highest BCUT2D eigenvalue weighted by molar-refractivity contribution is 7.12. The van der Waals surface area contributed by atoms with Crippen LogP contribution in [0.1, 0.15) is 26.4 Å². The highest BCUT2D eigenvalue weighted by Gasteiger charge is 2.31. The molecule has 0 N–H and O–H groups in total. The Morgan fingerprint density at radius 3 is 2.45 bits per heavy atom. The minimum Gasteiger partial charge on any atom is -0.496 e. The third kappa shape index (κ3) is 2.85. The van der Waals surface area contributed by atoms with E-state index in [1.807, 2.05) is 0 Å². The second-order valence-electron chi connectivity index (χ2n) is 4.21. The Kier molecular flexibility index (Phi) is 3.85. The van der Waals surface area contributed by atoms with Crippen molar-refractivity contribution in [3.63, 3.8) is 0 Å². The van der Waals surface area contributed by atoms with Crippen molar-refractivity contribution in [3.05, 3.63) is 51.2 Å². The van der Waals surface area contributed by atoms with Gasteiger partial charge in [-0.25, -0.2) is 0 Å². The van der Waals surface area contributed by atoms with Crippen molar-refractivity contribution in [2.45, 2.75) is 13.1 Å². The molecule has 0 aliphatic heterocycles. The summed E-state index contributed by atoms with van der Waals surface area (Å²) in [5, 5.41) is 1.67. The first-order valence-corrected chi connectivity index (χ1v) is 6.56. The number of hydrogen-bond donors (Lipinski definition) is 0. The Morgan fingerprint density at radius 2 is 1.95 bits per heavy atom. The Morgan fingerprint density at radius 1 is 1.25 bits per heavy atom. The van der Waals surface area contributed by atoms with Crippen molar-refractivity contribution in [2.75, 3.05) is 7.11 Å². The van der Waals surface area contributed by atoms with E-state index >= 15 is 0 Å². The lowest BCUT2D eigenvalue weighted by atomic mass is 10.0. The van der Waals surface area contributed by atoms with Crippen LogP contribution in [-0.4, -0.2) is 12.9 Å². The number of benzene rings is 1. The first kappa shape index (κ1) is 14.6. The zero-order valence-corrected chi connectivity index (χ0v) is 11.6. The van der Waals surface area contributed by atoms with Crippen LogP contribution in [0.25, 0.3) is 0 Å². The maximum atomic E-state index is 12.6. The molecule has 0 unspecified atom stereocenters. The van der Waals surface area contributed by atoms with Crippen LogP contribution in [-0.2, 0) is 6.18 Å². The molecule has 0 aliphatic carbocycles. The Balaban J connectivity index is 2.36. The summed E-state index contributed by atoms with van der Waals surface area (Å²) in [6.07, 6.45) is -4.40. The Hall–Kier alpha value is -1.82. The number of carbonyl (C=O) groups excluding carboxylic acids is 1. The van der Waals surface area contributed by atoms with E-state index in [1.54, 1.807) is 11.4 Å². The van der Waals surface area contributed by atoms with Crippen LogP contribution in [0.3, 0.4) is 0 Å². The van der Waals surface area contributed by atoms with Crippen LogP contribution in [0.15, 0.2) is 29.6 Å². The summed E-state index contributed by atoms with van der Waals surface area (Å²) in [7, 11) is 1.49. The lowest BCUT2D eigenvalue weighted by Crippen LogP contribution is -2.08. The molecule has 0 aliphatic rings. The Bertz CT molecular complexity index is 644. The minimum atomic E-state index is -4.40. The minimum absolute atomic E-state index is 0.266. The van der Waals surface area contributed by atoms with E-state index in [0.29, 0.717) is 16.2 Å². The largest absolute Gasteiger partial charge is 0.496 e. The van der Waals surface area contributed by atoms with Gasteiger partial charge in [-0.05, 0) is 24.6 Å². The molecule has 0 amide bonds. The predicted octanol–water partition coefficient (Wildman–Crippen LogP) is 4.31. The average molecular weight is 300 g/mol. The topological polar surface area (TPSA) is 26.3 Å². The highest BCUT2D eigenvalue weighted by atomic mass is 32.1. The molecule has 20 heavy (non-hydrogen) atoms. The molecule has 1 aromatic heterocycles. The van der Waals surface area contributed by atoms with Gasteiger partial charge in [0.15, 0.2) is 0 Å². The van der Waals surface area contributed by atoms with Crippen molar-refractivity contribution in [1.82, 2.24) is 0 Å². The maximum absolute atomic E-state index is 12.6. The summed E-state index contributed by atoms with van der Waals surface area (Å²) < 4.78 is 42.7. The molecule has 0 bridgehead atoms. The first-order valence-electron chi connectivity index (χ1n) is 5.68. The number of thiophene rings is 1. The van der Waals surface area contributed by atoms with Crippen LogP contribution < -0.4 is 4.74 Å². The number of halogens is 3. The molecule has 0 fully saturated rings. The van der Waals surface area contributed by atoms with Gasteiger partial charge in [0.05, 0.1) is 17.6 Å². The van der Waals surface area contributed by atoms with E-state index in [1.165, 1.54) is 31.4 Å². The summed E-state index contributed by atoms with van der Waals surface area (Å²) >= 11 is 1.20. The quantitative estimate of drug-likeness (QED) is 0.789. The molecule has 1 heterocycles. The maximum Gasteiger partial charge on any atom is 0.416 e. The number of ether oxygens (including phenoxy) is 1. The zero-order valence-electron chi connectivity index (χ0n) is 10.7. The van der Waals surface area contributed by atoms with Gasteiger partial charge < -0.3 is 4.74 Å². The normalized spacial score (nSPS) is 11.4. The molecule has 2 aromatic rings. The number of carbonyl (C=O) groups is 1. The van der Waals surface area contributed by atoms with Crippen molar-refractivity contribution in [3.8, 4) is 5.75 Å². The van der Waals surface area contributed by atoms with Gasteiger partial charge in [0.1, 0.15) is 5.75 Å². The van der Waals surface area contributed by atoms with Gasteiger partial charge in [-0.3, -0.25) is 4.79 Å². The molecule has 0 saturated heterocycles. The third-order valence-electron chi connectivity index (χ3n) is 2.83. The zero-order chi connectivity index (χ0) is 14.9. The monoisotopic (exact) mass is 300 g/mol. The summed E-state index contributed by atoms with van der Waals surface area (Å²) in [6.45, 7) is 1.49. The van der Waals surface area contributed by atoms with Gasteiger partial charge in [-0.1, -0.05) is 6.07 Å². The van der Waals surface area contributed by atoms with E-state index < -0.39 is 11.7 Å². The van der Waals surface area contributed by atoms with Crippen molar-refractivity contribution >= 4 is 17.1 Å². The smallest absolute Gasteiger partial charge is 0.416 e. The van der Waals surface area contributed by atoms with Crippen molar-refractivity contribution in [2.24, 2.45) is 0 Å². The first-order chi connectivity index (χ1) is 9.32. The van der Waals surface area contributed by atoms with Crippen molar-refractivity contribution in [1.29, 1.82) is 0 Å². The number of aryl methyl sites for hydroxylation is 1. The van der Waals surface area contributed by atoms with Gasteiger partial charge in [0.25, 0.3) is 0 Å². The van der Waals surface area contributed by atoms with Crippen LogP contribution in [0.5, 0.6) is 5.75 Å². The lowest BCUT2D eigenvalue weighted by molar-refractivity contribution is -0.137. The molecule has 0 radical (unpaired) electrons. The molecule has 0 spiro atoms. The second kappa shape index (κ2) is 5.28. The van der Waals surface area contributed by atoms with Gasteiger partial charge in [0, 0.05) is 17.0 Å². The molecule has 2 nitrogen and oxygen atoms in total. The fraction of sp³-hybridized carbons (Fsp3) is 0.214. The SMILES string of the molecule is COc1csc(C(=O)c2ccc(C(F)(F)F)cc2C)c1. The lowest BCUT2D eigenvalue weighted by Gasteiger charge is -2.09. The van der Waals surface area contributed by atoms with E-state index in [-0.39, 0.29) is 11.3 Å². The Labute approximate surface area is 117 Å². The third-order valence-corrected chi connectivity index (χ3v) is 3.74. The molecule has 0 saturated carbocycles. The van der Waals surface area contributed by atoms with Gasteiger partial charge in [0.2, 0.25) is 5.78 Å². The summed E-state index contributed by atoms with van der Waals surface area (Å²) in [5.41, 5.74) is -0.185. The van der Waals surface area contributed by atoms with Crippen LogP contribution in [0, 0.1) is 6.92 Å². The summed E-state index contributed by atoms with van der Waals surface area (Å²) in [5.74, 6) is 0.257. The number of alkyl halides is 3. The van der Waals surface area contributed by atoms with Crippen LogP contribution in [0.4, 0.5) is 13.2 Å². The second-order valence-corrected chi connectivity index (χ2v) is 5.12. The summed E-state index contributed by atoms with van der Waals surface area (Å²) in [6, 6.07) is 4.69. The molecular weight excluding hydrogens is 289 g/mol. The van der Waals surface area contributed by atoms with Gasteiger partial charge >= 0.3 is 6.18 Å². The number of rotatable bonds is 3. The summed E-state index contributed by atoms with van der Waals surface area (Å²) in [4.78, 5) is 12.7. The fourth-order valence-corrected chi connectivity index (χ4v) is 2.58. The fourth-order valence-electron chi connectivity index (χ4n) is 1.77. The van der Waals surface area contributed by atoms with Gasteiger partial charge in [-0.2, -0.15) is 13.2 Å². The number of hydrogen-bond acceptors (Lipinski definition) is 3. The molecule has 106 valence electrons. The van der Waals surface area contributed by atoms with E-state index in [2.05, 4.69) is 0 Å². The van der Waals surface area contributed by atoms with Crippen LogP contribution >= 0.6 is 11.3 Å². The number of methoxy groups -OCH3 is 1. The molecular formula is C14H11F3O2S. The molecule has 6 heteroatoms. The molecule has 0 atom stereocenters. The van der Waals surface area contributed by atoms with Crippen molar-refractivity contribution < 1.29 is 22.7 Å². The van der Waals surface area contributed by atoms with Gasteiger partial charge in [-0.15, -0.1) is 11.3 Å². The predicted molar refractivity (Wildman–Crippen MR) is 70.5 cm³/mol. The number of ketones is 1. The standard InChI is InChI=1S/C14H11F3O2S/c1-8-5-9(14(15,16)17)3-4-11(8)13(18)12-6-10(19-2)7-20-12/h3-7H,1-2H3. The molecule has 2 rings (SSSR count). The molecule has 1 aromatic carbocycles. The van der Waals surface area contributed by atoms with E-state index in [9.17, 15) is 18.0 Å². The average Bonchev–Trinajstić information content (AvgIpc) is 2.85. The van der Waals surface area contributed by atoms with Crippen LogP contribution in [0.2, 0.25) is 0 Å². The highest BCUT2D eigenvalue weighted by Crippen LogP contribution is 2.31.